The van der Waals surface area contributed by atoms with Crippen molar-refractivity contribution in [3.63, 3.8) is 0 Å². The number of carbonyl (C=O) groups excluding carboxylic acids is 1. The summed E-state index contributed by atoms with van der Waals surface area (Å²) in [6, 6.07) is 9.80. The molecule has 148 valence electrons. The summed E-state index contributed by atoms with van der Waals surface area (Å²) in [5.74, 6) is 0.124. The van der Waals surface area contributed by atoms with Gasteiger partial charge in [0.05, 0.1) is 17.2 Å². The van der Waals surface area contributed by atoms with Gasteiger partial charge in [-0.15, -0.1) is 16.4 Å². The van der Waals surface area contributed by atoms with Gasteiger partial charge >= 0.3 is 0 Å². The smallest absolute Gasteiger partial charge is 0.293 e. The van der Waals surface area contributed by atoms with Gasteiger partial charge in [-0.2, -0.15) is 0 Å². The van der Waals surface area contributed by atoms with Crippen LogP contribution in [0, 0.1) is 5.82 Å². The number of hydrogen-bond donors (Lipinski definition) is 0. The molecule has 0 spiro atoms. The summed E-state index contributed by atoms with van der Waals surface area (Å²) in [5, 5.41) is 6.40. The Morgan fingerprint density at radius 3 is 2.68 bits per heavy atom. The summed E-state index contributed by atoms with van der Waals surface area (Å²) in [7, 11) is 1.61. The normalized spacial score (nSPS) is 11.0. The molecule has 0 aliphatic heterocycles. The van der Waals surface area contributed by atoms with Gasteiger partial charge in [-0.1, -0.05) is 19.4 Å². The van der Waals surface area contributed by atoms with Crippen LogP contribution in [0.4, 0.5) is 4.39 Å². The molecule has 0 fully saturated rings. The Balaban J connectivity index is 1.98. The number of methoxy groups -OCH3 is 1. The van der Waals surface area contributed by atoms with E-state index in [4.69, 9.17) is 4.74 Å². The minimum absolute atomic E-state index is 0.125. The quantitative estimate of drug-likeness (QED) is 0.542. The first-order valence-corrected chi connectivity index (χ1v) is 10.1. The summed E-state index contributed by atoms with van der Waals surface area (Å²) in [6.07, 6.45) is 1.88. The molecule has 0 aliphatic rings. The number of rotatable bonds is 9. The van der Waals surface area contributed by atoms with Crippen LogP contribution in [-0.2, 0) is 4.74 Å². The maximum absolute atomic E-state index is 13.3. The molecule has 28 heavy (non-hydrogen) atoms. The number of ether oxygens (including phenoxy) is 1. The third kappa shape index (κ3) is 4.63. The Labute approximate surface area is 167 Å². The molecule has 2 heterocycles. The van der Waals surface area contributed by atoms with E-state index in [1.807, 2.05) is 17.5 Å². The van der Waals surface area contributed by atoms with Gasteiger partial charge in [-0.05, 0) is 42.1 Å². The average Bonchev–Trinajstić information content (AvgIpc) is 3.38. The lowest BCUT2D eigenvalue weighted by atomic mass is 10.3. The van der Waals surface area contributed by atoms with Crippen molar-refractivity contribution in [2.75, 3.05) is 26.8 Å². The monoisotopic (exact) mass is 402 g/mol. The van der Waals surface area contributed by atoms with Crippen LogP contribution in [-0.4, -0.2) is 52.4 Å². The van der Waals surface area contributed by atoms with Gasteiger partial charge in [0.2, 0.25) is 5.82 Å². The van der Waals surface area contributed by atoms with Crippen LogP contribution in [0.15, 0.2) is 41.8 Å². The lowest BCUT2D eigenvalue weighted by molar-refractivity contribution is 0.0681. The van der Waals surface area contributed by atoms with Crippen LogP contribution in [0.25, 0.3) is 16.4 Å². The number of carbonyl (C=O) groups is 1. The highest BCUT2D eigenvalue weighted by Gasteiger charge is 2.23. The Hall–Kier alpha value is -2.58. The third-order valence-electron chi connectivity index (χ3n) is 4.25. The van der Waals surface area contributed by atoms with Gasteiger partial charge in [-0.25, -0.2) is 14.1 Å². The largest absolute Gasteiger partial charge is 0.383 e. The van der Waals surface area contributed by atoms with Crippen molar-refractivity contribution in [3.8, 4) is 16.4 Å². The lowest BCUT2D eigenvalue weighted by Crippen LogP contribution is -2.35. The first kappa shape index (κ1) is 20.2. The first-order valence-electron chi connectivity index (χ1n) is 9.19. The van der Waals surface area contributed by atoms with Gasteiger partial charge in [0.1, 0.15) is 5.82 Å². The summed E-state index contributed by atoms with van der Waals surface area (Å²) < 4.78 is 20.1. The number of halogens is 1. The van der Waals surface area contributed by atoms with Crippen LogP contribution < -0.4 is 0 Å². The standard InChI is InChI=1S/C20H23FN4O2S/c1-3-4-11-24(12-13-27-2)20(26)18-22-19(17-6-5-14-28-17)25(23-18)16-9-7-15(21)8-10-16/h5-10,14H,3-4,11-13H2,1-2H3. The number of aromatic nitrogens is 3. The molecule has 0 N–H and O–H groups in total. The fourth-order valence-corrected chi connectivity index (χ4v) is 3.44. The van der Waals surface area contributed by atoms with Crippen molar-refractivity contribution >= 4 is 17.2 Å². The Morgan fingerprint density at radius 2 is 2.04 bits per heavy atom. The van der Waals surface area contributed by atoms with Crippen molar-refractivity contribution < 1.29 is 13.9 Å². The predicted molar refractivity (Wildman–Crippen MR) is 107 cm³/mol. The highest BCUT2D eigenvalue weighted by molar-refractivity contribution is 7.13. The first-order chi connectivity index (χ1) is 13.6. The van der Waals surface area contributed by atoms with Gasteiger partial charge in [0.25, 0.3) is 5.91 Å². The minimum Gasteiger partial charge on any atom is -0.383 e. The van der Waals surface area contributed by atoms with E-state index >= 15 is 0 Å². The minimum atomic E-state index is -0.330. The third-order valence-corrected chi connectivity index (χ3v) is 5.11. The molecule has 1 aromatic carbocycles. The molecule has 3 rings (SSSR count). The summed E-state index contributed by atoms with van der Waals surface area (Å²) >= 11 is 1.51. The zero-order valence-corrected chi connectivity index (χ0v) is 16.8. The average molecular weight is 402 g/mol. The summed E-state index contributed by atoms with van der Waals surface area (Å²) in [5.41, 5.74) is 0.647. The van der Waals surface area contributed by atoms with Crippen LogP contribution >= 0.6 is 11.3 Å². The predicted octanol–water partition coefficient (Wildman–Crippen LogP) is 4.02. The second-order valence-corrected chi connectivity index (χ2v) is 7.21. The van der Waals surface area contributed by atoms with Gasteiger partial charge in [-0.3, -0.25) is 4.79 Å². The van der Waals surface area contributed by atoms with E-state index in [2.05, 4.69) is 17.0 Å². The van der Waals surface area contributed by atoms with Gasteiger partial charge in [0.15, 0.2) is 5.82 Å². The molecular weight excluding hydrogens is 379 g/mol. The van der Waals surface area contributed by atoms with E-state index < -0.39 is 0 Å². The fraction of sp³-hybridized carbons (Fsp3) is 0.350. The molecule has 0 unspecified atom stereocenters. The number of hydrogen-bond acceptors (Lipinski definition) is 5. The fourth-order valence-electron chi connectivity index (χ4n) is 2.74. The zero-order chi connectivity index (χ0) is 19.9. The van der Waals surface area contributed by atoms with Crippen LogP contribution in [0.2, 0.25) is 0 Å². The molecule has 0 saturated heterocycles. The molecule has 2 aromatic heterocycles. The van der Waals surface area contributed by atoms with Crippen molar-refractivity contribution in [3.05, 3.63) is 53.4 Å². The van der Waals surface area contributed by atoms with E-state index in [0.717, 1.165) is 17.7 Å². The van der Waals surface area contributed by atoms with E-state index in [9.17, 15) is 9.18 Å². The second kappa shape index (κ2) is 9.57. The highest BCUT2D eigenvalue weighted by atomic mass is 32.1. The maximum atomic E-state index is 13.3. The van der Waals surface area contributed by atoms with Crippen LogP contribution in [0.3, 0.4) is 0 Å². The Bertz CT molecular complexity index is 886. The van der Waals surface area contributed by atoms with Crippen LogP contribution in [0.1, 0.15) is 30.4 Å². The Kier molecular flexibility index (Phi) is 6.89. The summed E-state index contributed by atoms with van der Waals surface area (Å²) in [4.78, 5) is 20.2. The second-order valence-electron chi connectivity index (χ2n) is 6.26. The molecule has 0 radical (unpaired) electrons. The molecule has 0 atom stereocenters. The van der Waals surface area contributed by atoms with E-state index in [1.165, 1.54) is 23.5 Å². The molecule has 3 aromatic rings. The lowest BCUT2D eigenvalue weighted by Gasteiger charge is -2.20. The molecule has 1 amide bonds. The Morgan fingerprint density at radius 1 is 1.25 bits per heavy atom. The molecule has 6 nitrogen and oxygen atoms in total. The number of unbranched alkanes of at least 4 members (excludes halogenated alkanes) is 1. The van der Waals surface area contributed by atoms with E-state index in [-0.39, 0.29) is 17.5 Å². The van der Waals surface area contributed by atoms with Gasteiger partial charge < -0.3 is 9.64 Å². The number of thiophene rings is 1. The molecule has 0 bridgehead atoms. The highest BCUT2D eigenvalue weighted by Crippen LogP contribution is 2.26. The topological polar surface area (TPSA) is 60.2 Å². The van der Waals surface area contributed by atoms with E-state index in [0.29, 0.717) is 31.2 Å². The van der Waals surface area contributed by atoms with Crippen molar-refractivity contribution in [2.45, 2.75) is 19.8 Å². The molecule has 0 saturated carbocycles. The number of amides is 1. The summed E-state index contributed by atoms with van der Waals surface area (Å²) in [6.45, 7) is 3.63. The van der Waals surface area contributed by atoms with Crippen molar-refractivity contribution in [1.29, 1.82) is 0 Å². The van der Waals surface area contributed by atoms with Gasteiger partial charge in [0, 0.05) is 20.2 Å². The van der Waals surface area contributed by atoms with Crippen molar-refractivity contribution in [1.82, 2.24) is 19.7 Å². The molecule has 0 aliphatic carbocycles. The van der Waals surface area contributed by atoms with Crippen LogP contribution in [0.5, 0.6) is 0 Å². The molecular formula is C20H23FN4O2S. The zero-order valence-electron chi connectivity index (χ0n) is 16.0. The molecule has 8 heteroatoms. The SMILES string of the molecule is CCCCN(CCOC)C(=O)c1nc(-c2cccs2)n(-c2ccc(F)cc2)n1. The van der Waals surface area contributed by atoms with Crippen molar-refractivity contribution in [2.24, 2.45) is 0 Å². The number of benzene rings is 1. The maximum Gasteiger partial charge on any atom is 0.293 e. The number of nitrogens with zero attached hydrogens (tertiary/aromatic N) is 4. The van der Waals surface area contributed by atoms with E-state index in [1.54, 1.807) is 28.8 Å².